The summed E-state index contributed by atoms with van der Waals surface area (Å²) in [5.74, 6) is -1.08. The number of rotatable bonds is 10. The molecule has 3 aromatic rings. The SMILES string of the molecule is C=C(O)C(CNC(=O)NCc1ccccc1)NC(=O)CNS(=O)(=O)c1ccc2ccccc2c1.CCC.CCC. The number of nitrogens with one attached hydrogen (secondary N) is 4. The molecule has 1 unspecified atom stereocenters. The van der Waals surface area contributed by atoms with E-state index in [0.717, 1.165) is 16.3 Å². The summed E-state index contributed by atoms with van der Waals surface area (Å²) in [7, 11) is -3.94. The van der Waals surface area contributed by atoms with E-state index in [1.165, 1.54) is 25.0 Å². The number of fused-ring (bicyclic) bond motifs is 1. The summed E-state index contributed by atoms with van der Waals surface area (Å²) in [4.78, 5) is 24.3. The number of benzene rings is 3. The minimum atomic E-state index is -3.94. The summed E-state index contributed by atoms with van der Waals surface area (Å²) in [5.41, 5.74) is 0.910. The third-order valence-corrected chi connectivity index (χ3v) is 6.35. The largest absolute Gasteiger partial charge is 0.511 e. The number of amides is 3. The minimum absolute atomic E-state index is 0.0267. The lowest BCUT2D eigenvalue weighted by Gasteiger charge is -2.18. The summed E-state index contributed by atoms with van der Waals surface area (Å²) in [6.45, 7) is 11.5. The van der Waals surface area contributed by atoms with E-state index < -0.39 is 34.5 Å². The second-order valence-electron chi connectivity index (χ2n) is 8.91. The fourth-order valence-corrected chi connectivity index (χ4v) is 4.13. The predicted molar refractivity (Wildman–Crippen MR) is 161 cm³/mol. The third kappa shape index (κ3) is 12.8. The molecule has 10 heteroatoms. The van der Waals surface area contributed by atoms with Gasteiger partial charge in [0.1, 0.15) is 11.8 Å². The molecule has 3 amide bonds. The van der Waals surface area contributed by atoms with Gasteiger partial charge in [-0.2, -0.15) is 0 Å². The van der Waals surface area contributed by atoms with Crippen LogP contribution in [-0.4, -0.2) is 44.6 Å². The Hall–Kier alpha value is -3.89. The molecular formula is C30H42N4O5S. The number of aliphatic hydroxyl groups excluding tert-OH is 1. The van der Waals surface area contributed by atoms with Gasteiger partial charge in [0.05, 0.1) is 11.4 Å². The van der Waals surface area contributed by atoms with Crippen LogP contribution in [0.2, 0.25) is 0 Å². The highest BCUT2D eigenvalue weighted by molar-refractivity contribution is 7.89. The van der Waals surface area contributed by atoms with E-state index in [9.17, 15) is 23.1 Å². The fraction of sp³-hybridized carbons (Fsp3) is 0.333. The molecule has 0 fully saturated rings. The smallest absolute Gasteiger partial charge is 0.315 e. The Morgan fingerprint density at radius 1 is 0.850 bits per heavy atom. The molecule has 3 aromatic carbocycles. The molecule has 0 aromatic heterocycles. The van der Waals surface area contributed by atoms with Gasteiger partial charge in [-0.1, -0.05) is 108 Å². The first-order valence-corrected chi connectivity index (χ1v) is 14.8. The zero-order chi connectivity index (χ0) is 30.0. The van der Waals surface area contributed by atoms with Crippen LogP contribution in [0.3, 0.4) is 0 Å². The molecule has 0 aliphatic rings. The van der Waals surface area contributed by atoms with Gasteiger partial charge in [0.15, 0.2) is 0 Å². The Balaban J connectivity index is 0.00000122. The molecular weight excluding hydrogens is 528 g/mol. The van der Waals surface area contributed by atoms with Crippen molar-refractivity contribution >= 4 is 32.7 Å². The molecule has 3 rings (SSSR count). The second kappa shape index (κ2) is 18.4. The lowest BCUT2D eigenvalue weighted by molar-refractivity contribution is -0.120. The number of carbonyl (C=O) groups excluding carboxylic acids is 2. The van der Waals surface area contributed by atoms with Crippen molar-refractivity contribution in [2.75, 3.05) is 13.1 Å². The molecule has 0 radical (unpaired) electrons. The average molecular weight is 571 g/mol. The summed E-state index contributed by atoms with van der Waals surface area (Å²) in [5, 5.41) is 19.0. The van der Waals surface area contributed by atoms with Crippen LogP contribution in [0.1, 0.15) is 46.1 Å². The van der Waals surface area contributed by atoms with E-state index in [4.69, 9.17) is 0 Å². The van der Waals surface area contributed by atoms with E-state index in [1.807, 2.05) is 42.5 Å². The molecule has 0 aliphatic heterocycles. The monoisotopic (exact) mass is 570 g/mol. The van der Waals surface area contributed by atoms with Crippen LogP contribution in [-0.2, 0) is 21.4 Å². The fourth-order valence-electron chi connectivity index (χ4n) is 3.11. The van der Waals surface area contributed by atoms with Crippen molar-refractivity contribution in [3.05, 3.63) is 90.7 Å². The van der Waals surface area contributed by atoms with E-state index >= 15 is 0 Å². The van der Waals surface area contributed by atoms with Gasteiger partial charge < -0.3 is 21.1 Å². The first kappa shape index (κ1) is 34.1. The van der Waals surface area contributed by atoms with E-state index in [-0.39, 0.29) is 17.2 Å². The molecule has 1 atom stereocenters. The van der Waals surface area contributed by atoms with Crippen molar-refractivity contribution in [1.82, 2.24) is 20.7 Å². The van der Waals surface area contributed by atoms with Gasteiger partial charge in [0, 0.05) is 13.1 Å². The first-order valence-electron chi connectivity index (χ1n) is 13.3. The molecule has 5 N–H and O–H groups in total. The Labute approximate surface area is 238 Å². The van der Waals surface area contributed by atoms with Crippen LogP contribution >= 0.6 is 0 Å². The Kier molecular flexibility index (Phi) is 15.7. The molecule has 0 spiro atoms. The van der Waals surface area contributed by atoms with Gasteiger partial charge in [-0.05, 0) is 28.5 Å². The standard InChI is InChI=1S/C24H26N4O5S.2C3H8/c1-17(29)22(15-26-24(31)25-14-18-7-3-2-4-8-18)28-23(30)16-27-34(32,33)21-12-11-19-9-5-6-10-20(19)13-21;2*1-3-2/h2-13,22,27,29H,1,14-16H2,(H,28,30)(H2,25,26,31);2*3H2,1-2H3. The number of hydrogen-bond acceptors (Lipinski definition) is 5. The lowest BCUT2D eigenvalue weighted by atomic mass is 10.1. The molecule has 9 nitrogen and oxygen atoms in total. The Morgan fingerprint density at radius 2 is 1.43 bits per heavy atom. The van der Waals surface area contributed by atoms with Gasteiger partial charge in [-0.25, -0.2) is 17.9 Å². The Morgan fingerprint density at radius 3 is 2.02 bits per heavy atom. The van der Waals surface area contributed by atoms with Crippen molar-refractivity contribution in [1.29, 1.82) is 0 Å². The van der Waals surface area contributed by atoms with Crippen molar-refractivity contribution < 1.29 is 23.1 Å². The average Bonchev–Trinajstić information content (AvgIpc) is 2.94. The highest BCUT2D eigenvalue weighted by Crippen LogP contribution is 2.18. The quantitative estimate of drug-likeness (QED) is 0.218. The number of urea groups is 1. The van der Waals surface area contributed by atoms with Crippen LogP contribution in [0, 0.1) is 0 Å². The highest BCUT2D eigenvalue weighted by atomic mass is 32.2. The number of carbonyl (C=O) groups is 2. The zero-order valence-electron chi connectivity index (χ0n) is 23.7. The third-order valence-electron chi connectivity index (χ3n) is 4.95. The topological polar surface area (TPSA) is 137 Å². The predicted octanol–water partition coefficient (Wildman–Crippen LogP) is 5.01. The van der Waals surface area contributed by atoms with Gasteiger partial charge >= 0.3 is 6.03 Å². The van der Waals surface area contributed by atoms with Crippen LogP contribution in [0.5, 0.6) is 0 Å². The zero-order valence-corrected chi connectivity index (χ0v) is 24.6. The van der Waals surface area contributed by atoms with Gasteiger partial charge in [-0.3, -0.25) is 4.79 Å². The maximum absolute atomic E-state index is 12.6. The maximum atomic E-state index is 12.6. The van der Waals surface area contributed by atoms with Gasteiger partial charge in [0.25, 0.3) is 0 Å². The lowest BCUT2D eigenvalue weighted by Crippen LogP contribution is -2.49. The second-order valence-corrected chi connectivity index (χ2v) is 10.7. The van der Waals surface area contributed by atoms with Crippen LogP contribution < -0.4 is 20.7 Å². The van der Waals surface area contributed by atoms with E-state index in [2.05, 4.69) is 54.9 Å². The summed E-state index contributed by atoms with van der Waals surface area (Å²) >= 11 is 0. The van der Waals surface area contributed by atoms with Crippen molar-refractivity contribution in [3.8, 4) is 0 Å². The maximum Gasteiger partial charge on any atom is 0.315 e. The van der Waals surface area contributed by atoms with Crippen LogP contribution in [0.4, 0.5) is 4.79 Å². The van der Waals surface area contributed by atoms with Gasteiger partial charge in [-0.15, -0.1) is 0 Å². The van der Waals surface area contributed by atoms with E-state index in [1.54, 1.807) is 18.2 Å². The van der Waals surface area contributed by atoms with Crippen molar-refractivity contribution in [2.24, 2.45) is 0 Å². The number of sulfonamides is 1. The summed E-state index contributed by atoms with van der Waals surface area (Å²) < 4.78 is 27.4. The normalized spacial score (nSPS) is 11.1. The highest BCUT2D eigenvalue weighted by Gasteiger charge is 2.20. The van der Waals surface area contributed by atoms with Crippen LogP contribution in [0.25, 0.3) is 10.8 Å². The number of aliphatic hydroxyl groups is 1. The molecule has 0 bridgehead atoms. The molecule has 0 aliphatic carbocycles. The first-order chi connectivity index (χ1) is 19.1. The van der Waals surface area contributed by atoms with Gasteiger partial charge in [0.2, 0.25) is 15.9 Å². The molecule has 0 heterocycles. The molecule has 0 saturated carbocycles. The summed E-state index contributed by atoms with van der Waals surface area (Å²) in [6, 6.07) is 19.8. The Bertz CT molecular complexity index is 1310. The number of hydrogen-bond donors (Lipinski definition) is 5. The molecule has 40 heavy (non-hydrogen) atoms. The molecule has 218 valence electrons. The van der Waals surface area contributed by atoms with E-state index in [0.29, 0.717) is 6.54 Å². The molecule has 0 saturated heterocycles. The minimum Gasteiger partial charge on any atom is -0.511 e. The summed E-state index contributed by atoms with van der Waals surface area (Å²) in [6.07, 6.45) is 2.50. The van der Waals surface area contributed by atoms with Crippen LogP contribution in [0.15, 0.2) is 90.0 Å². The van der Waals surface area contributed by atoms with Crippen molar-refractivity contribution in [2.45, 2.75) is 58.0 Å². The van der Waals surface area contributed by atoms with Crippen molar-refractivity contribution in [3.63, 3.8) is 0 Å².